The largest absolute Gasteiger partial charge is 0.322 e. The molecule has 0 aliphatic carbocycles. The molecule has 2 aliphatic heterocycles. The molecule has 3 aromatic rings. The Morgan fingerprint density at radius 3 is 2.68 bits per heavy atom. The monoisotopic (exact) mass is 372 g/mol. The fraction of sp³-hybridized carbons (Fsp3) is 0.190. The molecule has 5 rings (SSSR count). The summed E-state index contributed by atoms with van der Waals surface area (Å²) in [5, 5.41) is 2.32. The van der Waals surface area contributed by atoms with Gasteiger partial charge in [-0.25, -0.2) is 4.98 Å². The lowest BCUT2D eigenvalue weighted by molar-refractivity contribution is -0.136. The van der Waals surface area contributed by atoms with Crippen molar-refractivity contribution in [3.8, 4) is 11.3 Å². The lowest BCUT2D eigenvalue weighted by atomic mass is 10.0. The Balaban J connectivity index is 1.47. The number of nitrogens with one attached hydrogen (secondary N) is 1. The summed E-state index contributed by atoms with van der Waals surface area (Å²) in [5.74, 6) is -0.874. The lowest BCUT2D eigenvalue weighted by Crippen LogP contribution is -2.52. The fourth-order valence-electron chi connectivity index (χ4n) is 3.83. The molecular formula is C21H16N4O3. The van der Waals surface area contributed by atoms with Gasteiger partial charge in [-0.15, -0.1) is 0 Å². The minimum atomic E-state index is -0.610. The Labute approximate surface area is 160 Å². The van der Waals surface area contributed by atoms with Crippen LogP contribution in [0.25, 0.3) is 22.3 Å². The van der Waals surface area contributed by atoms with Crippen LogP contribution in [0.3, 0.4) is 0 Å². The summed E-state index contributed by atoms with van der Waals surface area (Å²) in [4.78, 5) is 47.0. The maximum absolute atomic E-state index is 12.8. The Kier molecular flexibility index (Phi) is 3.68. The second-order valence-electron chi connectivity index (χ2n) is 7.02. The highest BCUT2D eigenvalue weighted by Crippen LogP contribution is 2.30. The number of benzene rings is 2. The number of nitrogens with zero attached hydrogens (tertiary/aromatic N) is 3. The van der Waals surface area contributed by atoms with Crippen molar-refractivity contribution in [3.05, 3.63) is 59.8 Å². The molecule has 1 N–H and O–H groups in total. The second kappa shape index (κ2) is 6.23. The Morgan fingerprint density at radius 2 is 1.86 bits per heavy atom. The van der Waals surface area contributed by atoms with Gasteiger partial charge in [0, 0.05) is 24.1 Å². The molecule has 2 aliphatic rings. The van der Waals surface area contributed by atoms with Gasteiger partial charge in [0.1, 0.15) is 6.04 Å². The van der Waals surface area contributed by atoms with Crippen LogP contribution in [-0.2, 0) is 16.1 Å². The van der Waals surface area contributed by atoms with Crippen LogP contribution < -0.4 is 5.32 Å². The van der Waals surface area contributed by atoms with Crippen molar-refractivity contribution in [3.63, 3.8) is 0 Å². The molecule has 1 saturated heterocycles. The number of rotatable bonds is 2. The molecule has 1 atom stereocenters. The Hall–Kier alpha value is -3.61. The molecule has 0 spiro atoms. The van der Waals surface area contributed by atoms with Crippen molar-refractivity contribution in [2.75, 3.05) is 0 Å². The quantitative estimate of drug-likeness (QED) is 0.695. The van der Waals surface area contributed by atoms with Gasteiger partial charge in [-0.3, -0.25) is 24.7 Å². The van der Waals surface area contributed by atoms with Gasteiger partial charge in [-0.05, 0) is 36.2 Å². The molecule has 7 heteroatoms. The van der Waals surface area contributed by atoms with E-state index in [0.29, 0.717) is 18.5 Å². The summed E-state index contributed by atoms with van der Waals surface area (Å²) in [6.45, 7) is 0.343. The normalized spacial score (nSPS) is 19.1. The van der Waals surface area contributed by atoms with Crippen molar-refractivity contribution in [2.24, 2.45) is 0 Å². The van der Waals surface area contributed by atoms with E-state index in [0.717, 1.165) is 27.9 Å². The Morgan fingerprint density at radius 1 is 1.04 bits per heavy atom. The van der Waals surface area contributed by atoms with E-state index in [1.165, 1.54) is 0 Å². The van der Waals surface area contributed by atoms with Gasteiger partial charge in [-0.1, -0.05) is 18.2 Å². The molecule has 0 radical (unpaired) electrons. The summed E-state index contributed by atoms with van der Waals surface area (Å²) in [6, 6.07) is 12.6. The number of para-hydroxylation sites is 2. The maximum atomic E-state index is 12.8. The zero-order chi connectivity index (χ0) is 19.3. The number of carbonyl (C=O) groups is 3. The molecule has 138 valence electrons. The molecular weight excluding hydrogens is 356 g/mol. The van der Waals surface area contributed by atoms with E-state index in [4.69, 9.17) is 0 Å². The van der Waals surface area contributed by atoms with Gasteiger partial charge in [0.25, 0.3) is 5.91 Å². The van der Waals surface area contributed by atoms with Crippen molar-refractivity contribution >= 4 is 28.8 Å². The van der Waals surface area contributed by atoms with E-state index in [-0.39, 0.29) is 18.2 Å². The topological polar surface area (TPSA) is 92.3 Å². The third kappa shape index (κ3) is 2.63. The molecule has 1 unspecified atom stereocenters. The van der Waals surface area contributed by atoms with Gasteiger partial charge in [0.15, 0.2) is 0 Å². The van der Waals surface area contributed by atoms with Crippen molar-refractivity contribution < 1.29 is 14.4 Å². The summed E-state index contributed by atoms with van der Waals surface area (Å²) in [7, 11) is 0. The van der Waals surface area contributed by atoms with Crippen LogP contribution in [-0.4, -0.2) is 38.6 Å². The molecule has 28 heavy (non-hydrogen) atoms. The summed E-state index contributed by atoms with van der Waals surface area (Å²) >= 11 is 0. The Bertz CT molecular complexity index is 1160. The minimum Gasteiger partial charge on any atom is -0.322 e. The molecule has 3 heterocycles. The number of carbonyl (C=O) groups excluding carboxylic acids is 3. The number of fused-ring (bicyclic) bond motifs is 2. The predicted molar refractivity (Wildman–Crippen MR) is 101 cm³/mol. The zero-order valence-electron chi connectivity index (χ0n) is 14.9. The number of imide groups is 1. The third-order valence-electron chi connectivity index (χ3n) is 5.27. The van der Waals surface area contributed by atoms with E-state index < -0.39 is 11.9 Å². The highest BCUT2D eigenvalue weighted by atomic mass is 16.2. The molecule has 3 amide bonds. The predicted octanol–water partition coefficient (Wildman–Crippen LogP) is 2.06. The van der Waals surface area contributed by atoms with Crippen LogP contribution in [0.5, 0.6) is 0 Å². The molecule has 1 aromatic heterocycles. The molecule has 7 nitrogen and oxygen atoms in total. The van der Waals surface area contributed by atoms with E-state index in [2.05, 4.69) is 15.3 Å². The van der Waals surface area contributed by atoms with Crippen LogP contribution in [0.4, 0.5) is 0 Å². The van der Waals surface area contributed by atoms with Gasteiger partial charge in [-0.2, -0.15) is 0 Å². The molecule has 0 bridgehead atoms. The zero-order valence-corrected chi connectivity index (χ0v) is 14.9. The first-order chi connectivity index (χ1) is 13.6. The highest BCUT2D eigenvalue weighted by molar-refractivity contribution is 6.05. The van der Waals surface area contributed by atoms with Crippen LogP contribution in [0.1, 0.15) is 28.8 Å². The smallest absolute Gasteiger partial charge is 0.255 e. The van der Waals surface area contributed by atoms with Crippen LogP contribution in [0.2, 0.25) is 0 Å². The first-order valence-corrected chi connectivity index (χ1v) is 9.10. The van der Waals surface area contributed by atoms with E-state index >= 15 is 0 Å². The summed E-state index contributed by atoms with van der Waals surface area (Å²) < 4.78 is 0. The number of amides is 3. The molecule has 0 saturated carbocycles. The average Bonchev–Trinajstić information content (AvgIpc) is 3.03. The number of hydrogen-bond donors (Lipinski definition) is 1. The van der Waals surface area contributed by atoms with E-state index in [9.17, 15) is 14.4 Å². The first-order valence-electron chi connectivity index (χ1n) is 9.10. The van der Waals surface area contributed by atoms with Crippen molar-refractivity contribution in [1.82, 2.24) is 20.2 Å². The highest BCUT2D eigenvalue weighted by Gasteiger charge is 2.39. The van der Waals surface area contributed by atoms with E-state index in [1.807, 2.05) is 36.4 Å². The average molecular weight is 372 g/mol. The van der Waals surface area contributed by atoms with Gasteiger partial charge in [0.2, 0.25) is 11.8 Å². The lowest BCUT2D eigenvalue weighted by Gasteiger charge is -2.29. The SMILES string of the molecule is O=C1CCC(N2Cc3cc(-c4cnc5ccccc5n4)ccc3C2=O)C(=O)N1. The van der Waals surface area contributed by atoms with Gasteiger partial charge >= 0.3 is 0 Å². The second-order valence-corrected chi connectivity index (χ2v) is 7.02. The van der Waals surface area contributed by atoms with Gasteiger partial charge in [0.05, 0.1) is 22.9 Å². The number of hydrogen-bond acceptors (Lipinski definition) is 5. The number of aromatic nitrogens is 2. The number of piperidine rings is 1. The van der Waals surface area contributed by atoms with Crippen LogP contribution in [0.15, 0.2) is 48.7 Å². The summed E-state index contributed by atoms with van der Waals surface area (Å²) in [5.41, 5.74) is 4.67. The van der Waals surface area contributed by atoms with Crippen LogP contribution >= 0.6 is 0 Å². The fourth-order valence-corrected chi connectivity index (χ4v) is 3.83. The van der Waals surface area contributed by atoms with Crippen molar-refractivity contribution in [2.45, 2.75) is 25.4 Å². The minimum absolute atomic E-state index is 0.180. The van der Waals surface area contributed by atoms with Gasteiger partial charge < -0.3 is 4.90 Å². The molecule has 2 aromatic carbocycles. The van der Waals surface area contributed by atoms with Crippen LogP contribution in [0, 0.1) is 0 Å². The molecule has 1 fully saturated rings. The van der Waals surface area contributed by atoms with E-state index in [1.54, 1.807) is 17.2 Å². The summed E-state index contributed by atoms with van der Waals surface area (Å²) in [6.07, 6.45) is 2.32. The third-order valence-corrected chi connectivity index (χ3v) is 5.27. The maximum Gasteiger partial charge on any atom is 0.255 e. The van der Waals surface area contributed by atoms with Crippen molar-refractivity contribution in [1.29, 1.82) is 0 Å². The standard InChI is InChI=1S/C21H16N4O3/c26-19-8-7-18(20(27)24-19)25-11-13-9-12(5-6-14(13)21(25)28)17-10-22-15-3-1-2-4-16(15)23-17/h1-6,9-10,18H,7-8,11H2,(H,24,26,27). The first kappa shape index (κ1) is 16.6.